The Balaban J connectivity index is 2.44. The van der Waals surface area contributed by atoms with E-state index in [0.29, 0.717) is 16.9 Å². The van der Waals surface area contributed by atoms with Crippen molar-refractivity contribution in [3.05, 3.63) is 47.6 Å². The zero-order valence-corrected chi connectivity index (χ0v) is 14.9. The van der Waals surface area contributed by atoms with Gasteiger partial charge in [0.2, 0.25) is 10.0 Å². The van der Waals surface area contributed by atoms with Crippen LogP contribution in [0.1, 0.15) is 20.8 Å². The van der Waals surface area contributed by atoms with E-state index >= 15 is 0 Å². The van der Waals surface area contributed by atoms with Crippen LogP contribution in [0.15, 0.2) is 52.5 Å². The summed E-state index contributed by atoms with van der Waals surface area (Å²) in [7, 11) is -2.37. The van der Waals surface area contributed by atoms with Crippen LogP contribution in [0.3, 0.4) is 0 Å². The molecule has 0 atom stereocenters. The van der Waals surface area contributed by atoms with E-state index in [1.165, 1.54) is 31.4 Å². The summed E-state index contributed by atoms with van der Waals surface area (Å²) in [6.07, 6.45) is 2.75. The first-order chi connectivity index (χ1) is 11.2. The zero-order chi connectivity index (χ0) is 18.0. The van der Waals surface area contributed by atoms with Crippen LogP contribution in [0.4, 0.5) is 0 Å². The van der Waals surface area contributed by atoms with Gasteiger partial charge in [0.25, 0.3) is 0 Å². The summed E-state index contributed by atoms with van der Waals surface area (Å²) in [5, 5.41) is 0. The molecule has 24 heavy (non-hydrogen) atoms. The van der Waals surface area contributed by atoms with Crippen molar-refractivity contribution in [3.63, 3.8) is 0 Å². The Morgan fingerprint density at radius 2 is 1.62 bits per heavy atom. The van der Waals surface area contributed by atoms with E-state index < -0.39 is 15.7 Å². The van der Waals surface area contributed by atoms with Crippen molar-refractivity contribution in [3.8, 4) is 5.75 Å². The number of rotatable bonds is 6. The van der Waals surface area contributed by atoms with E-state index in [0.717, 1.165) is 0 Å². The minimum absolute atomic E-state index is 0.0832. The lowest BCUT2D eigenvalue weighted by molar-refractivity contribution is -0.111. The number of nitrogens with one attached hydrogen (secondary N) is 1. The van der Waals surface area contributed by atoms with Gasteiger partial charge >= 0.3 is 0 Å². The molecule has 1 aromatic carbocycles. The second kappa shape index (κ2) is 6.88. The number of methoxy groups -OCH3 is 1. The van der Waals surface area contributed by atoms with Crippen LogP contribution in [0, 0.1) is 0 Å². The van der Waals surface area contributed by atoms with Crippen LogP contribution in [-0.4, -0.2) is 33.6 Å². The normalized spacial score (nSPS) is 17.2. The van der Waals surface area contributed by atoms with Crippen LogP contribution in [0.5, 0.6) is 5.75 Å². The van der Waals surface area contributed by atoms with Gasteiger partial charge in [-0.05, 0) is 68.3 Å². The van der Waals surface area contributed by atoms with Crippen molar-refractivity contribution in [2.75, 3.05) is 13.7 Å². The predicted octanol–water partition coefficient (Wildman–Crippen LogP) is 2.18. The Kier molecular flexibility index (Phi) is 5.27. The Morgan fingerprint density at radius 1 is 1.08 bits per heavy atom. The fourth-order valence-corrected chi connectivity index (χ4v) is 3.99. The molecule has 0 radical (unpaired) electrons. The molecule has 2 rings (SSSR count). The minimum Gasteiger partial charge on any atom is -0.497 e. The van der Waals surface area contributed by atoms with E-state index in [-0.39, 0.29) is 17.3 Å². The average molecular weight is 351 g/mol. The molecule has 0 fully saturated rings. The van der Waals surface area contributed by atoms with Gasteiger partial charge in [-0.2, -0.15) is 4.72 Å². The molecule has 0 heterocycles. The third-order valence-corrected chi connectivity index (χ3v) is 5.29. The van der Waals surface area contributed by atoms with Crippen molar-refractivity contribution in [2.45, 2.75) is 31.4 Å². The Hall–Kier alpha value is -1.96. The first-order valence-corrected chi connectivity index (χ1v) is 8.97. The fraction of sp³-hybridized carbons (Fsp3) is 0.353. The second-order valence-electron chi connectivity index (χ2n) is 5.45. The van der Waals surface area contributed by atoms with Gasteiger partial charge < -0.3 is 9.47 Å². The van der Waals surface area contributed by atoms with E-state index in [4.69, 9.17) is 9.47 Å². The molecule has 130 valence electrons. The fourth-order valence-electron chi connectivity index (χ4n) is 2.62. The van der Waals surface area contributed by atoms with Gasteiger partial charge in [0, 0.05) is 6.61 Å². The van der Waals surface area contributed by atoms with Gasteiger partial charge in [-0.25, -0.2) is 8.42 Å². The molecule has 0 unspecified atom stereocenters. The maximum Gasteiger partial charge on any atom is 0.243 e. The van der Waals surface area contributed by atoms with Crippen LogP contribution in [-0.2, 0) is 19.6 Å². The highest BCUT2D eigenvalue weighted by molar-refractivity contribution is 7.89. The number of sulfonamides is 1. The first-order valence-electron chi connectivity index (χ1n) is 7.48. The van der Waals surface area contributed by atoms with Crippen LogP contribution >= 0.6 is 0 Å². The number of carbonyl (C=O) groups is 1. The number of hydrogen-bond donors (Lipinski definition) is 1. The third-order valence-electron chi connectivity index (χ3n) is 3.84. The quantitative estimate of drug-likeness (QED) is 0.795. The van der Waals surface area contributed by atoms with Crippen molar-refractivity contribution in [1.82, 2.24) is 4.72 Å². The number of hydrogen-bond acceptors (Lipinski definition) is 5. The van der Waals surface area contributed by atoms with Crippen LogP contribution in [0.25, 0.3) is 0 Å². The lowest BCUT2D eigenvalue weighted by Crippen LogP contribution is -2.53. The molecule has 0 aromatic heterocycles. The number of carbonyl (C=O) groups excluding carboxylic acids is 1. The molecule has 6 nitrogen and oxygen atoms in total. The van der Waals surface area contributed by atoms with E-state index in [9.17, 15) is 13.2 Å². The smallest absolute Gasteiger partial charge is 0.243 e. The van der Waals surface area contributed by atoms with Crippen molar-refractivity contribution >= 4 is 15.8 Å². The summed E-state index contributed by atoms with van der Waals surface area (Å²) < 4.78 is 38.9. The van der Waals surface area contributed by atoms with Gasteiger partial charge in [0.1, 0.15) is 5.75 Å². The molecule has 0 saturated carbocycles. The largest absolute Gasteiger partial charge is 0.497 e. The van der Waals surface area contributed by atoms with Gasteiger partial charge in [-0.15, -0.1) is 0 Å². The Labute approximate surface area is 142 Å². The summed E-state index contributed by atoms with van der Waals surface area (Å²) in [6, 6.07) is 6.04. The molecule has 1 aromatic rings. The summed E-state index contributed by atoms with van der Waals surface area (Å²) >= 11 is 0. The van der Waals surface area contributed by atoms with Crippen molar-refractivity contribution in [1.29, 1.82) is 0 Å². The highest BCUT2D eigenvalue weighted by Crippen LogP contribution is 2.32. The maximum absolute atomic E-state index is 12.8. The molecular formula is C17H21NO5S. The average Bonchev–Trinajstić information content (AvgIpc) is 2.52. The molecule has 0 amide bonds. The number of ether oxygens (including phenoxy) is 2. The summed E-state index contributed by atoms with van der Waals surface area (Å²) in [5.41, 5.74) is -0.376. The molecule has 0 bridgehead atoms. The predicted molar refractivity (Wildman–Crippen MR) is 90.2 cm³/mol. The monoisotopic (exact) mass is 351 g/mol. The molecule has 0 saturated heterocycles. The van der Waals surface area contributed by atoms with Gasteiger partial charge in [-0.3, -0.25) is 4.79 Å². The molecule has 1 aliphatic rings. The summed E-state index contributed by atoms with van der Waals surface area (Å²) in [5.74, 6) is 0.368. The third kappa shape index (κ3) is 3.43. The first kappa shape index (κ1) is 18.4. The number of benzene rings is 1. The van der Waals surface area contributed by atoms with E-state index in [1.54, 1.807) is 32.9 Å². The molecule has 0 spiro atoms. The van der Waals surface area contributed by atoms with E-state index in [1.807, 2.05) is 0 Å². The van der Waals surface area contributed by atoms with Gasteiger partial charge in [-0.1, -0.05) is 0 Å². The lowest BCUT2D eigenvalue weighted by atomic mass is 9.90. The van der Waals surface area contributed by atoms with Crippen LogP contribution < -0.4 is 9.46 Å². The Morgan fingerprint density at radius 3 is 2.08 bits per heavy atom. The zero-order valence-electron chi connectivity index (χ0n) is 14.1. The minimum atomic E-state index is -3.87. The van der Waals surface area contributed by atoms with Gasteiger partial charge in [0.15, 0.2) is 11.5 Å². The molecule has 0 aliphatic heterocycles. The molecule has 1 N–H and O–H groups in total. The standard InChI is InChI=1S/C17H21NO5S/c1-5-23-17(12(2)10-14(19)11-13(17)3)18-24(20,21)16-8-6-15(22-4)7-9-16/h6-11,18H,5H2,1-4H3. The summed E-state index contributed by atoms with van der Waals surface area (Å²) in [4.78, 5) is 11.8. The topological polar surface area (TPSA) is 81.7 Å². The summed E-state index contributed by atoms with van der Waals surface area (Å²) in [6.45, 7) is 5.37. The molecule has 1 aliphatic carbocycles. The number of ketones is 1. The maximum atomic E-state index is 12.8. The SMILES string of the molecule is CCOC1(NS(=O)(=O)c2ccc(OC)cc2)C(C)=CC(=O)C=C1C. The molecular weight excluding hydrogens is 330 g/mol. The van der Waals surface area contributed by atoms with Crippen molar-refractivity contribution in [2.24, 2.45) is 0 Å². The number of allylic oxidation sites excluding steroid dienone is 2. The van der Waals surface area contributed by atoms with Crippen molar-refractivity contribution < 1.29 is 22.7 Å². The van der Waals surface area contributed by atoms with Crippen LogP contribution in [0.2, 0.25) is 0 Å². The Bertz CT molecular complexity index is 769. The lowest BCUT2D eigenvalue weighted by Gasteiger charge is -2.37. The van der Waals surface area contributed by atoms with E-state index in [2.05, 4.69) is 4.72 Å². The van der Waals surface area contributed by atoms with Gasteiger partial charge in [0.05, 0.1) is 12.0 Å². The highest BCUT2D eigenvalue weighted by Gasteiger charge is 2.41. The second-order valence-corrected chi connectivity index (χ2v) is 7.13. The molecule has 7 heteroatoms. The highest BCUT2D eigenvalue weighted by atomic mass is 32.2.